The van der Waals surface area contributed by atoms with E-state index in [1.807, 2.05) is 72.8 Å². The van der Waals surface area contributed by atoms with E-state index in [0.29, 0.717) is 12.8 Å². The number of anilines is 2. The molecular formula is C47H46ClN3O2S2. The van der Waals surface area contributed by atoms with Gasteiger partial charge in [0.2, 0.25) is 11.8 Å². The fourth-order valence-electron chi connectivity index (χ4n) is 7.06. The Labute approximate surface area is 339 Å². The van der Waals surface area contributed by atoms with Gasteiger partial charge in [-0.05, 0) is 108 Å². The Morgan fingerprint density at radius 3 is 1.25 bits per heavy atom. The van der Waals surface area contributed by atoms with Crippen LogP contribution in [0.1, 0.15) is 40.3 Å². The standard InChI is InChI=1S/C24H23NOS.C23H22N2OS.ClH/c1-24(15-19-9-5-6-10-20(19)16-24)23(26)25-21-11-13-22(14-12-21)27-17-18-7-3-2-4-8-18;24-23(14-18-8-4-5-9-19(18)15-23)22(26)25-20-10-12-21(13-11-20)27-16-17-6-2-1-3-7-17;/h2-14H,15-17H2,1H3,(H,25,26);1-13H,14-16,24H2,(H,25,26);1H. The molecule has 6 aromatic carbocycles. The van der Waals surface area contributed by atoms with Gasteiger partial charge in [0.05, 0.1) is 5.41 Å². The van der Waals surface area contributed by atoms with E-state index >= 15 is 0 Å². The third-order valence-electron chi connectivity index (χ3n) is 10.1. The van der Waals surface area contributed by atoms with Gasteiger partial charge in [0.1, 0.15) is 5.54 Å². The largest absolute Gasteiger partial charge is 0.326 e. The molecule has 0 heterocycles. The Kier molecular flexibility index (Phi) is 13.2. The molecule has 0 saturated heterocycles. The van der Waals surface area contributed by atoms with E-state index in [2.05, 4.69) is 102 Å². The molecule has 6 aromatic rings. The van der Waals surface area contributed by atoms with Crippen molar-refractivity contribution in [3.63, 3.8) is 0 Å². The summed E-state index contributed by atoms with van der Waals surface area (Å²) in [5.41, 5.74) is 14.4. The van der Waals surface area contributed by atoms with Gasteiger partial charge in [0.25, 0.3) is 0 Å². The molecule has 0 aliphatic heterocycles. The number of hydrogen-bond acceptors (Lipinski definition) is 5. The highest BCUT2D eigenvalue weighted by atomic mass is 35.5. The molecule has 0 unspecified atom stereocenters. The van der Waals surface area contributed by atoms with Gasteiger partial charge in [-0.25, -0.2) is 0 Å². The van der Waals surface area contributed by atoms with E-state index in [9.17, 15) is 9.59 Å². The van der Waals surface area contributed by atoms with Crippen molar-refractivity contribution in [2.45, 2.75) is 59.4 Å². The second-order valence-corrected chi connectivity index (χ2v) is 16.6. The quantitative estimate of drug-likeness (QED) is 0.121. The van der Waals surface area contributed by atoms with Gasteiger partial charge >= 0.3 is 0 Å². The summed E-state index contributed by atoms with van der Waals surface area (Å²) >= 11 is 3.58. The van der Waals surface area contributed by atoms with Crippen molar-refractivity contribution in [3.05, 3.63) is 191 Å². The van der Waals surface area contributed by atoms with Gasteiger partial charge in [0.15, 0.2) is 0 Å². The molecule has 8 heteroatoms. The number of fused-ring (bicyclic) bond motifs is 2. The Morgan fingerprint density at radius 1 is 0.509 bits per heavy atom. The maximum absolute atomic E-state index is 12.9. The van der Waals surface area contributed by atoms with E-state index in [0.717, 1.165) is 35.7 Å². The van der Waals surface area contributed by atoms with Crippen molar-refractivity contribution in [2.24, 2.45) is 11.1 Å². The average Bonchev–Trinajstić information content (AvgIpc) is 3.75. The second-order valence-electron chi connectivity index (χ2n) is 14.5. The summed E-state index contributed by atoms with van der Waals surface area (Å²) in [6.07, 6.45) is 2.78. The average molecular weight is 784 g/mol. The summed E-state index contributed by atoms with van der Waals surface area (Å²) in [7, 11) is 0. The molecule has 0 fully saturated rings. The van der Waals surface area contributed by atoms with Gasteiger partial charge in [-0.15, -0.1) is 35.9 Å². The fraction of sp³-hybridized carbons (Fsp3) is 0.191. The number of amides is 2. The second kappa shape index (κ2) is 18.2. The van der Waals surface area contributed by atoms with Gasteiger partial charge in [-0.3, -0.25) is 9.59 Å². The molecule has 0 spiro atoms. The van der Waals surface area contributed by atoms with Gasteiger partial charge in [-0.1, -0.05) is 116 Å². The predicted molar refractivity (Wildman–Crippen MR) is 232 cm³/mol. The van der Waals surface area contributed by atoms with Crippen molar-refractivity contribution in [1.82, 2.24) is 0 Å². The topological polar surface area (TPSA) is 84.2 Å². The van der Waals surface area contributed by atoms with Crippen LogP contribution in [0.3, 0.4) is 0 Å². The van der Waals surface area contributed by atoms with Gasteiger partial charge in [-0.2, -0.15) is 0 Å². The van der Waals surface area contributed by atoms with Crippen molar-refractivity contribution in [1.29, 1.82) is 0 Å². The zero-order chi connectivity index (χ0) is 37.4. The molecule has 8 rings (SSSR count). The molecule has 4 N–H and O–H groups in total. The molecule has 0 saturated carbocycles. The number of hydrogen-bond donors (Lipinski definition) is 3. The van der Waals surface area contributed by atoms with E-state index in [1.54, 1.807) is 23.5 Å². The Hall–Kier alpha value is -4.79. The lowest BCUT2D eigenvalue weighted by Gasteiger charge is -2.22. The summed E-state index contributed by atoms with van der Waals surface area (Å²) in [6, 6.07) is 53.4. The first-order valence-corrected chi connectivity index (χ1v) is 20.3. The minimum atomic E-state index is -0.871. The number of carbonyl (C=O) groups is 2. The highest BCUT2D eigenvalue weighted by molar-refractivity contribution is 7.98. The number of halogens is 1. The van der Waals surface area contributed by atoms with Crippen LogP contribution in [0.25, 0.3) is 0 Å². The summed E-state index contributed by atoms with van der Waals surface area (Å²) in [6.45, 7) is 2.06. The lowest BCUT2D eigenvalue weighted by Crippen LogP contribution is -2.52. The number of rotatable bonds is 10. The van der Waals surface area contributed by atoms with Crippen LogP contribution in [0.2, 0.25) is 0 Å². The van der Waals surface area contributed by atoms with Crippen molar-refractivity contribution >= 4 is 59.1 Å². The maximum Gasteiger partial charge on any atom is 0.245 e. The minimum Gasteiger partial charge on any atom is -0.326 e. The molecule has 0 aromatic heterocycles. The normalized spacial score (nSPS) is 14.3. The predicted octanol–water partition coefficient (Wildman–Crippen LogP) is 10.6. The number of nitrogens with two attached hydrogens (primary N) is 1. The van der Waals surface area contributed by atoms with Crippen LogP contribution in [0.5, 0.6) is 0 Å². The van der Waals surface area contributed by atoms with Gasteiger partial charge in [0, 0.05) is 32.7 Å². The highest BCUT2D eigenvalue weighted by Crippen LogP contribution is 2.38. The van der Waals surface area contributed by atoms with Crippen LogP contribution in [0.15, 0.2) is 168 Å². The molecule has 2 amide bonds. The SMILES string of the molecule is CC1(C(=O)Nc2ccc(SCc3ccccc3)cc2)Cc2ccccc2C1.Cl.NC1(C(=O)Nc2ccc(SCc3ccccc3)cc2)Cc2ccccc2C1. The van der Waals surface area contributed by atoms with Crippen molar-refractivity contribution in [3.8, 4) is 0 Å². The molecule has 0 radical (unpaired) electrons. The molecular weight excluding hydrogens is 738 g/mol. The first kappa shape index (κ1) is 39.9. The number of carbonyl (C=O) groups excluding carboxylic acids is 2. The summed E-state index contributed by atoms with van der Waals surface area (Å²) in [4.78, 5) is 28.0. The zero-order valence-electron chi connectivity index (χ0n) is 30.9. The van der Waals surface area contributed by atoms with E-state index in [1.165, 1.54) is 43.2 Å². The zero-order valence-corrected chi connectivity index (χ0v) is 33.3. The summed E-state index contributed by atoms with van der Waals surface area (Å²) in [5.74, 6) is 1.85. The van der Waals surface area contributed by atoms with Crippen LogP contribution in [-0.4, -0.2) is 17.4 Å². The molecule has 2 aliphatic rings. The number of benzene rings is 6. The van der Waals surface area contributed by atoms with Crippen molar-refractivity contribution in [2.75, 3.05) is 10.6 Å². The smallest absolute Gasteiger partial charge is 0.245 e. The third kappa shape index (κ3) is 10.3. The maximum atomic E-state index is 12.9. The summed E-state index contributed by atoms with van der Waals surface area (Å²) in [5, 5.41) is 6.10. The van der Waals surface area contributed by atoms with Crippen LogP contribution < -0.4 is 16.4 Å². The van der Waals surface area contributed by atoms with Crippen LogP contribution in [0, 0.1) is 5.41 Å². The summed E-state index contributed by atoms with van der Waals surface area (Å²) < 4.78 is 0. The van der Waals surface area contributed by atoms with Crippen LogP contribution >= 0.6 is 35.9 Å². The lowest BCUT2D eigenvalue weighted by molar-refractivity contribution is -0.124. The number of thioether (sulfide) groups is 2. The molecule has 0 bridgehead atoms. The molecule has 0 atom stereocenters. The molecule has 5 nitrogen and oxygen atoms in total. The minimum absolute atomic E-state index is 0. The van der Waals surface area contributed by atoms with E-state index in [4.69, 9.17) is 5.73 Å². The molecule has 280 valence electrons. The van der Waals surface area contributed by atoms with Crippen LogP contribution in [-0.2, 0) is 46.8 Å². The first-order valence-electron chi connectivity index (χ1n) is 18.3. The third-order valence-corrected chi connectivity index (χ3v) is 12.3. The van der Waals surface area contributed by atoms with E-state index in [-0.39, 0.29) is 29.6 Å². The Bertz CT molecular complexity index is 1990. The van der Waals surface area contributed by atoms with E-state index < -0.39 is 5.54 Å². The fourth-order valence-corrected chi connectivity index (χ4v) is 8.77. The molecule has 2 aliphatic carbocycles. The first-order chi connectivity index (χ1) is 26.2. The van der Waals surface area contributed by atoms with Crippen LogP contribution in [0.4, 0.5) is 11.4 Å². The Balaban J connectivity index is 0.000000184. The Morgan fingerprint density at radius 2 is 0.855 bits per heavy atom. The highest BCUT2D eigenvalue weighted by Gasteiger charge is 2.40. The van der Waals surface area contributed by atoms with Gasteiger partial charge < -0.3 is 16.4 Å². The van der Waals surface area contributed by atoms with Crippen molar-refractivity contribution < 1.29 is 9.59 Å². The molecule has 55 heavy (non-hydrogen) atoms. The monoisotopic (exact) mass is 783 g/mol. The lowest BCUT2D eigenvalue weighted by atomic mass is 9.86. The number of nitrogens with one attached hydrogen (secondary N) is 2.